The highest BCUT2D eigenvalue weighted by atomic mass is 19.1. The molecule has 5 nitrogen and oxygen atoms in total. The molecule has 0 bridgehead atoms. The molecule has 2 aromatic rings. The van der Waals surface area contributed by atoms with Crippen LogP contribution in [0.5, 0.6) is 5.75 Å². The molecule has 0 amide bonds. The summed E-state index contributed by atoms with van der Waals surface area (Å²) < 4.78 is 21.8. The van der Waals surface area contributed by atoms with Crippen LogP contribution in [0.25, 0.3) is 5.57 Å². The predicted molar refractivity (Wildman–Crippen MR) is 142 cm³/mol. The number of fused-ring (bicyclic) bond motifs is 2. The number of carboxylic acids is 1. The van der Waals surface area contributed by atoms with Gasteiger partial charge >= 0.3 is 5.97 Å². The van der Waals surface area contributed by atoms with Crippen molar-refractivity contribution in [2.75, 3.05) is 26.2 Å². The largest absolute Gasteiger partial charge is 0.492 e. The summed E-state index contributed by atoms with van der Waals surface area (Å²) in [6.07, 6.45) is 3.86. The van der Waals surface area contributed by atoms with E-state index >= 15 is 4.39 Å². The topological polar surface area (TPSA) is 61.8 Å². The molecule has 3 atom stereocenters. The van der Waals surface area contributed by atoms with Gasteiger partial charge in [0.15, 0.2) is 0 Å². The molecule has 4 rings (SSSR count). The quantitative estimate of drug-likeness (QED) is 0.389. The van der Waals surface area contributed by atoms with E-state index in [4.69, 9.17) is 4.74 Å². The van der Waals surface area contributed by atoms with Crippen molar-refractivity contribution in [2.45, 2.75) is 65.5 Å². The van der Waals surface area contributed by atoms with E-state index in [1.807, 2.05) is 6.92 Å². The van der Waals surface area contributed by atoms with Crippen molar-refractivity contribution >= 4 is 11.5 Å². The van der Waals surface area contributed by atoms with E-state index < -0.39 is 11.9 Å². The number of halogens is 1. The second-order valence-corrected chi connectivity index (χ2v) is 10.3. The molecule has 0 saturated heterocycles. The Balaban J connectivity index is 1.71. The fraction of sp³-hybridized carbons (Fsp3) is 0.500. The zero-order valence-electron chi connectivity index (χ0n) is 21.9. The molecule has 2 N–H and O–H groups in total. The van der Waals surface area contributed by atoms with Gasteiger partial charge in [-0.1, -0.05) is 44.5 Å². The monoisotopic (exact) mass is 494 g/mol. The highest BCUT2D eigenvalue weighted by molar-refractivity contribution is 5.79. The number of hydrogen-bond donors (Lipinski definition) is 2. The average molecular weight is 495 g/mol. The minimum absolute atomic E-state index is 0.0767. The van der Waals surface area contributed by atoms with Gasteiger partial charge in [0.2, 0.25) is 0 Å². The number of nitrogens with zero attached hydrogens (tertiary/aromatic N) is 1. The van der Waals surface area contributed by atoms with Crippen LogP contribution in [0.4, 0.5) is 4.39 Å². The second-order valence-electron chi connectivity index (χ2n) is 10.3. The van der Waals surface area contributed by atoms with Crippen molar-refractivity contribution in [3.8, 4) is 5.75 Å². The van der Waals surface area contributed by atoms with Crippen LogP contribution < -0.4 is 10.1 Å². The maximum atomic E-state index is 15.7. The first kappa shape index (κ1) is 26.4. The minimum Gasteiger partial charge on any atom is -0.492 e. The third kappa shape index (κ3) is 5.35. The summed E-state index contributed by atoms with van der Waals surface area (Å²) in [5, 5.41) is 13.1. The Bertz CT molecular complexity index is 1130. The average Bonchev–Trinajstić information content (AvgIpc) is 3.22. The maximum absolute atomic E-state index is 15.7. The molecule has 36 heavy (non-hydrogen) atoms. The number of rotatable bonds is 11. The summed E-state index contributed by atoms with van der Waals surface area (Å²) in [5.41, 5.74) is 6.38. The SMILES string of the molecule is CCCCNCCOc1ccc(F)c([C@@H]2C3=C(C[C@@H](C)N2C[C@H](C)C(=O)O)c2ccccc2C3)c1C. The van der Waals surface area contributed by atoms with Gasteiger partial charge in [0.25, 0.3) is 0 Å². The molecule has 194 valence electrons. The van der Waals surface area contributed by atoms with Gasteiger partial charge in [0.05, 0.1) is 12.0 Å². The first-order valence-electron chi connectivity index (χ1n) is 13.2. The van der Waals surface area contributed by atoms with Gasteiger partial charge in [-0.05, 0) is 79.6 Å². The van der Waals surface area contributed by atoms with Gasteiger partial charge < -0.3 is 15.2 Å². The Morgan fingerprint density at radius 3 is 2.78 bits per heavy atom. The van der Waals surface area contributed by atoms with Crippen LogP contribution in [0.15, 0.2) is 42.0 Å². The van der Waals surface area contributed by atoms with Crippen LogP contribution in [0.1, 0.15) is 68.3 Å². The lowest BCUT2D eigenvalue weighted by Gasteiger charge is -2.43. The number of carboxylic acid groups (broad SMARTS) is 1. The van der Waals surface area contributed by atoms with E-state index in [0.717, 1.165) is 44.3 Å². The standard InChI is InChI=1S/C30H39FN2O3/c1-5-6-13-32-14-15-36-27-12-11-26(31)28(21(27)4)29-25-17-22-9-7-8-10-23(22)24(25)16-20(3)33(29)18-19(2)30(34)35/h7-12,19-20,29,32H,5-6,13-18H2,1-4H3,(H,34,35)/t19-,20+,29-/m0/s1. The van der Waals surface area contributed by atoms with Crippen molar-refractivity contribution in [1.82, 2.24) is 10.2 Å². The van der Waals surface area contributed by atoms with E-state index in [1.54, 1.807) is 13.0 Å². The highest BCUT2D eigenvalue weighted by Crippen LogP contribution is 2.50. The fourth-order valence-corrected chi connectivity index (χ4v) is 5.67. The predicted octanol–water partition coefficient (Wildman–Crippen LogP) is 5.77. The van der Waals surface area contributed by atoms with E-state index in [2.05, 4.69) is 48.3 Å². The summed E-state index contributed by atoms with van der Waals surface area (Å²) in [6.45, 7) is 10.5. The summed E-state index contributed by atoms with van der Waals surface area (Å²) in [5.74, 6) is -0.972. The Kier molecular flexibility index (Phi) is 8.47. The third-order valence-electron chi connectivity index (χ3n) is 7.67. The molecule has 1 aliphatic carbocycles. The molecule has 2 aromatic carbocycles. The Labute approximate surface area is 214 Å². The van der Waals surface area contributed by atoms with Gasteiger partial charge in [0, 0.05) is 24.7 Å². The number of benzene rings is 2. The molecule has 0 spiro atoms. The van der Waals surface area contributed by atoms with Crippen molar-refractivity contribution in [3.63, 3.8) is 0 Å². The lowest BCUT2D eigenvalue weighted by atomic mass is 9.83. The smallest absolute Gasteiger partial charge is 0.307 e. The minimum atomic E-state index is -0.833. The molecule has 1 heterocycles. The number of hydrogen-bond acceptors (Lipinski definition) is 4. The zero-order chi connectivity index (χ0) is 25.8. The van der Waals surface area contributed by atoms with E-state index in [-0.39, 0.29) is 17.9 Å². The van der Waals surface area contributed by atoms with Gasteiger partial charge in [-0.25, -0.2) is 4.39 Å². The molecule has 0 unspecified atom stereocenters. The second kappa shape index (κ2) is 11.6. The van der Waals surface area contributed by atoms with Crippen LogP contribution in [-0.4, -0.2) is 48.3 Å². The summed E-state index contributed by atoms with van der Waals surface area (Å²) in [4.78, 5) is 14.0. The zero-order valence-corrected chi connectivity index (χ0v) is 21.9. The molecular weight excluding hydrogens is 455 g/mol. The molecule has 0 fully saturated rings. The van der Waals surface area contributed by atoms with Crippen molar-refractivity contribution in [3.05, 3.63) is 70.0 Å². The molecule has 0 aromatic heterocycles. The van der Waals surface area contributed by atoms with Gasteiger partial charge in [-0.2, -0.15) is 0 Å². The molecular formula is C30H39FN2O3. The summed E-state index contributed by atoms with van der Waals surface area (Å²) >= 11 is 0. The Morgan fingerprint density at radius 2 is 2.03 bits per heavy atom. The van der Waals surface area contributed by atoms with Gasteiger partial charge in [0.1, 0.15) is 18.2 Å². The highest BCUT2D eigenvalue weighted by Gasteiger charge is 2.41. The first-order chi connectivity index (χ1) is 17.3. The van der Waals surface area contributed by atoms with Crippen molar-refractivity contribution < 1.29 is 19.0 Å². The number of unbranched alkanes of at least 4 members (excludes halogenated alkanes) is 1. The van der Waals surface area contributed by atoms with E-state index in [9.17, 15) is 9.90 Å². The molecule has 2 aliphatic rings. The molecule has 0 saturated carbocycles. The van der Waals surface area contributed by atoms with Crippen LogP contribution in [0, 0.1) is 18.7 Å². The summed E-state index contributed by atoms with van der Waals surface area (Å²) in [7, 11) is 0. The normalized spacial score (nSPS) is 20.2. The third-order valence-corrected chi connectivity index (χ3v) is 7.67. The Hall–Kier alpha value is -2.70. The lowest BCUT2D eigenvalue weighted by Crippen LogP contribution is -2.45. The van der Waals surface area contributed by atoms with Crippen LogP contribution in [0.3, 0.4) is 0 Å². The first-order valence-corrected chi connectivity index (χ1v) is 13.2. The fourth-order valence-electron chi connectivity index (χ4n) is 5.67. The maximum Gasteiger partial charge on any atom is 0.307 e. The van der Waals surface area contributed by atoms with Crippen molar-refractivity contribution in [2.24, 2.45) is 5.92 Å². The van der Waals surface area contributed by atoms with E-state index in [1.165, 1.54) is 28.3 Å². The van der Waals surface area contributed by atoms with Crippen molar-refractivity contribution in [1.29, 1.82) is 0 Å². The molecule has 1 aliphatic heterocycles. The number of ether oxygens (including phenoxy) is 1. The Morgan fingerprint density at radius 1 is 1.25 bits per heavy atom. The number of aliphatic carboxylic acids is 1. The van der Waals surface area contributed by atoms with E-state index in [0.29, 0.717) is 24.5 Å². The summed E-state index contributed by atoms with van der Waals surface area (Å²) in [6, 6.07) is 11.4. The van der Waals surface area contributed by atoms with Crippen LogP contribution >= 0.6 is 0 Å². The number of carbonyl (C=O) groups is 1. The molecule has 6 heteroatoms. The lowest BCUT2D eigenvalue weighted by molar-refractivity contribution is -0.142. The van der Waals surface area contributed by atoms with Crippen LogP contribution in [0.2, 0.25) is 0 Å². The number of nitrogens with one attached hydrogen (secondary N) is 1. The van der Waals surface area contributed by atoms with Crippen LogP contribution in [-0.2, 0) is 11.2 Å². The van der Waals surface area contributed by atoms with Gasteiger partial charge in [-0.15, -0.1) is 0 Å². The van der Waals surface area contributed by atoms with Gasteiger partial charge in [-0.3, -0.25) is 9.69 Å². The molecule has 0 radical (unpaired) electrons.